The van der Waals surface area contributed by atoms with E-state index in [1.54, 1.807) is 0 Å². The van der Waals surface area contributed by atoms with Crippen LogP contribution in [0.1, 0.15) is 77.0 Å². The van der Waals surface area contributed by atoms with Crippen molar-refractivity contribution in [3.63, 3.8) is 0 Å². The molecular formula is C27H45N3O6. The number of rotatable bonds is 27. The normalized spacial score (nSPS) is 10.3. The average Bonchev–Trinajstić information content (AvgIpc) is 2.89. The molecule has 0 aromatic carbocycles. The highest BCUT2D eigenvalue weighted by Gasteiger charge is 2.10. The SMILES string of the molecule is C=COCCCCCCOc1nc(OCCCCCCOC=C)nc(OCCCCCCOC=C)n1. The molecule has 0 spiro atoms. The molecule has 0 radical (unpaired) electrons. The van der Waals surface area contributed by atoms with E-state index in [4.69, 9.17) is 28.4 Å². The van der Waals surface area contributed by atoms with Crippen LogP contribution in [0.4, 0.5) is 0 Å². The quantitative estimate of drug-likeness (QED) is 0.102. The van der Waals surface area contributed by atoms with Crippen LogP contribution in [-0.2, 0) is 14.2 Å². The predicted molar refractivity (Wildman–Crippen MR) is 140 cm³/mol. The van der Waals surface area contributed by atoms with Crippen molar-refractivity contribution >= 4 is 0 Å². The van der Waals surface area contributed by atoms with E-state index in [0.29, 0.717) is 39.6 Å². The van der Waals surface area contributed by atoms with Gasteiger partial charge in [0, 0.05) is 0 Å². The molecule has 9 heteroatoms. The zero-order valence-electron chi connectivity index (χ0n) is 21.9. The maximum atomic E-state index is 5.77. The number of ether oxygens (including phenoxy) is 6. The van der Waals surface area contributed by atoms with Gasteiger partial charge in [-0.25, -0.2) is 0 Å². The summed E-state index contributed by atoms with van der Waals surface area (Å²) in [6, 6.07) is 0.689. The maximum absolute atomic E-state index is 5.77. The van der Waals surface area contributed by atoms with E-state index >= 15 is 0 Å². The van der Waals surface area contributed by atoms with Crippen LogP contribution in [0.5, 0.6) is 18.0 Å². The lowest BCUT2D eigenvalue weighted by atomic mass is 10.2. The van der Waals surface area contributed by atoms with E-state index in [0.717, 1.165) is 77.0 Å². The second-order valence-electron chi connectivity index (χ2n) is 8.08. The Bertz CT molecular complexity index is 587. The van der Waals surface area contributed by atoms with Gasteiger partial charge in [0.2, 0.25) is 0 Å². The Balaban J connectivity index is 2.42. The molecule has 204 valence electrons. The Morgan fingerprint density at radius 3 is 0.889 bits per heavy atom. The average molecular weight is 508 g/mol. The van der Waals surface area contributed by atoms with Crippen LogP contribution in [0.15, 0.2) is 38.5 Å². The molecule has 36 heavy (non-hydrogen) atoms. The lowest BCUT2D eigenvalue weighted by Gasteiger charge is -2.10. The van der Waals surface area contributed by atoms with Crippen LogP contribution in [0.3, 0.4) is 0 Å². The minimum Gasteiger partial charge on any atom is -0.502 e. The molecule has 0 saturated carbocycles. The van der Waals surface area contributed by atoms with Crippen LogP contribution < -0.4 is 14.2 Å². The van der Waals surface area contributed by atoms with Gasteiger partial charge in [0.1, 0.15) is 0 Å². The second-order valence-corrected chi connectivity index (χ2v) is 8.08. The van der Waals surface area contributed by atoms with Crippen LogP contribution in [-0.4, -0.2) is 54.6 Å². The first kappa shape index (κ1) is 31.1. The molecule has 1 aromatic heterocycles. The zero-order valence-corrected chi connectivity index (χ0v) is 21.9. The first-order valence-electron chi connectivity index (χ1n) is 13.1. The molecule has 0 aliphatic heterocycles. The molecule has 0 atom stereocenters. The van der Waals surface area contributed by atoms with Gasteiger partial charge in [-0.2, -0.15) is 0 Å². The van der Waals surface area contributed by atoms with Crippen molar-refractivity contribution in [3.05, 3.63) is 38.5 Å². The van der Waals surface area contributed by atoms with Crippen LogP contribution in [0, 0.1) is 0 Å². The van der Waals surface area contributed by atoms with Crippen molar-refractivity contribution in [2.24, 2.45) is 0 Å². The van der Waals surface area contributed by atoms with Crippen molar-refractivity contribution in [2.45, 2.75) is 77.0 Å². The summed E-state index contributed by atoms with van der Waals surface area (Å²) < 4.78 is 32.7. The lowest BCUT2D eigenvalue weighted by Crippen LogP contribution is -2.09. The van der Waals surface area contributed by atoms with E-state index in [1.807, 2.05) is 0 Å². The van der Waals surface area contributed by atoms with Crippen LogP contribution >= 0.6 is 0 Å². The molecule has 0 saturated heterocycles. The standard InChI is InChI=1S/C27H45N3O6/c1-4-31-19-13-7-10-16-22-34-25-28-26(35-23-17-11-8-14-20-32-5-2)30-27(29-25)36-24-18-12-9-15-21-33-6-3/h4-6H,1-3,7-24H2. The van der Waals surface area contributed by atoms with Gasteiger partial charge in [0.25, 0.3) is 0 Å². The first-order chi connectivity index (χ1) is 17.8. The van der Waals surface area contributed by atoms with Gasteiger partial charge in [0.05, 0.1) is 58.4 Å². The van der Waals surface area contributed by atoms with Crippen molar-refractivity contribution in [3.8, 4) is 18.0 Å². The maximum Gasteiger partial charge on any atom is 0.325 e. The fourth-order valence-electron chi connectivity index (χ4n) is 3.18. The summed E-state index contributed by atoms with van der Waals surface area (Å²) in [5.74, 6) is 0. The van der Waals surface area contributed by atoms with Gasteiger partial charge >= 0.3 is 18.0 Å². The van der Waals surface area contributed by atoms with E-state index in [-0.39, 0.29) is 18.0 Å². The molecule has 1 heterocycles. The predicted octanol–water partition coefficient (Wildman–Crippen LogP) is 6.17. The highest BCUT2D eigenvalue weighted by molar-refractivity contribution is 5.09. The summed E-state index contributed by atoms with van der Waals surface area (Å²) in [6.45, 7) is 14.3. The molecule has 0 fully saturated rings. The zero-order chi connectivity index (χ0) is 25.9. The fraction of sp³-hybridized carbons (Fsp3) is 0.667. The Hall–Kier alpha value is -2.97. The van der Waals surface area contributed by atoms with Crippen LogP contribution in [0.2, 0.25) is 0 Å². The molecule has 9 nitrogen and oxygen atoms in total. The molecule has 0 aliphatic carbocycles. The molecule has 0 N–H and O–H groups in total. The highest BCUT2D eigenvalue weighted by atomic mass is 16.5. The number of nitrogens with zero attached hydrogens (tertiary/aromatic N) is 3. The molecule has 0 bridgehead atoms. The van der Waals surface area contributed by atoms with Crippen molar-refractivity contribution < 1.29 is 28.4 Å². The summed E-state index contributed by atoms with van der Waals surface area (Å²) in [7, 11) is 0. The lowest BCUT2D eigenvalue weighted by molar-refractivity contribution is 0.220. The summed E-state index contributed by atoms with van der Waals surface area (Å²) in [6.07, 6.45) is 16.4. The Morgan fingerprint density at radius 2 is 0.639 bits per heavy atom. The van der Waals surface area contributed by atoms with Crippen LogP contribution in [0.25, 0.3) is 0 Å². The Labute approximate surface area is 216 Å². The first-order valence-corrected chi connectivity index (χ1v) is 13.1. The molecule has 1 aromatic rings. The molecule has 0 aliphatic rings. The second kappa shape index (κ2) is 23.8. The number of aromatic nitrogens is 3. The summed E-state index contributed by atoms with van der Waals surface area (Å²) >= 11 is 0. The third-order valence-electron chi connectivity index (χ3n) is 5.09. The summed E-state index contributed by atoms with van der Waals surface area (Å²) in [4.78, 5) is 12.9. The molecule has 0 unspecified atom stereocenters. The molecule has 1 rings (SSSR count). The minimum atomic E-state index is 0.230. The number of hydrogen-bond donors (Lipinski definition) is 0. The smallest absolute Gasteiger partial charge is 0.325 e. The largest absolute Gasteiger partial charge is 0.502 e. The third-order valence-corrected chi connectivity index (χ3v) is 5.09. The van der Waals surface area contributed by atoms with Gasteiger partial charge in [-0.05, 0) is 77.0 Å². The Morgan fingerprint density at radius 1 is 0.389 bits per heavy atom. The molecular weight excluding hydrogens is 462 g/mol. The molecule has 0 amide bonds. The third kappa shape index (κ3) is 18.4. The van der Waals surface area contributed by atoms with Gasteiger partial charge in [0.15, 0.2) is 0 Å². The van der Waals surface area contributed by atoms with Gasteiger partial charge < -0.3 is 28.4 Å². The van der Waals surface area contributed by atoms with Crippen molar-refractivity contribution in [1.29, 1.82) is 0 Å². The highest BCUT2D eigenvalue weighted by Crippen LogP contribution is 2.16. The monoisotopic (exact) mass is 507 g/mol. The fourth-order valence-corrected chi connectivity index (χ4v) is 3.18. The van der Waals surface area contributed by atoms with E-state index < -0.39 is 0 Å². The topological polar surface area (TPSA) is 94.1 Å². The van der Waals surface area contributed by atoms with Gasteiger partial charge in [-0.1, -0.05) is 19.7 Å². The van der Waals surface area contributed by atoms with E-state index in [2.05, 4.69) is 34.7 Å². The van der Waals surface area contributed by atoms with Crippen molar-refractivity contribution in [1.82, 2.24) is 15.0 Å². The van der Waals surface area contributed by atoms with Gasteiger partial charge in [-0.3, -0.25) is 0 Å². The Kier molecular flexibility index (Phi) is 20.5. The number of hydrogen-bond acceptors (Lipinski definition) is 9. The van der Waals surface area contributed by atoms with E-state index in [1.165, 1.54) is 18.8 Å². The minimum absolute atomic E-state index is 0.230. The number of unbranched alkanes of at least 4 members (excludes halogenated alkanes) is 9. The summed E-state index contributed by atoms with van der Waals surface area (Å²) in [5, 5.41) is 0. The van der Waals surface area contributed by atoms with E-state index in [9.17, 15) is 0 Å². The van der Waals surface area contributed by atoms with Crippen molar-refractivity contribution in [2.75, 3.05) is 39.6 Å². The summed E-state index contributed by atoms with van der Waals surface area (Å²) in [5.41, 5.74) is 0. The van der Waals surface area contributed by atoms with Gasteiger partial charge in [-0.15, -0.1) is 15.0 Å².